The van der Waals surface area contributed by atoms with Gasteiger partial charge in [0.2, 0.25) is 0 Å². The van der Waals surface area contributed by atoms with Crippen LogP contribution in [0.1, 0.15) is 16.1 Å². The number of carbonyl (C=O) groups is 1. The van der Waals surface area contributed by atoms with Crippen molar-refractivity contribution in [1.82, 2.24) is 10.2 Å². The number of aromatic amines is 1. The van der Waals surface area contributed by atoms with Gasteiger partial charge in [-0.15, -0.1) is 0 Å². The van der Waals surface area contributed by atoms with Gasteiger partial charge < -0.3 is 11.1 Å². The number of amides is 1. The number of benzene rings is 1. The standard InChI is InChI=1S/C11H9F3N4O/c12-11(13,14)6-1-2-8(7(15)5-6)17-10(19)9-3-4-16-18-9/h1-5H,15H2,(H,16,18)(H,17,19). The summed E-state index contributed by atoms with van der Waals surface area (Å²) in [5, 5.41) is 8.41. The molecule has 0 fully saturated rings. The lowest BCUT2D eigenvalue weighted by Crippen LogP contribution is -2.14. The van der Waals surface area contributed by atoms with Gasteiger partial charge in [-0.2, -0.15) is 18.3 Å². The molecule has 0 saturated carbocycles. The van der Waals surface area contributed by atoms with E-state index in [2.05, 4.69) is 15.5 Å². The average molecular weight is 270 g/mol. The van der Waals surface area contributed by atoms with E-state index in [0.717, 1.165) is 18.2 Å². The minimum absolute atomic E-state index is 0.104. The van der Waals surface area contributed by atoms with Gasteiger partial charge in [-0.25, -0.2) is 0 Å². The zero-order chi connectivity index (χ0) is 14.0. The fraction of sp³-hybridized carbons (Fsp3) is 0.0909. The van der Waals surface area contributed by atoms with E-state index < -0.39 is 17.6 Å². The van der Waals surface area contributed by atoms with Crippen LogP contribution in [0, 0.1) is 0 Å². The molecule has 2 rings (SSSR count). The van der Waals surface area contributed by atoms with Crippen LogP contribution in [0.5, 0.6) is 0 Å². The molecular weight excluding hydrogens is 261 g/mol. The van der Waals surface area contributed by atoms with Crippen molar-refractivity contribution < 1.29 is 18.0 Å². The smallest absolute Gasteiger partial charge is 0.397 e. The third-order valence-electron chi connectivity index (χ3n) is 2.37. The molecule has 0 aliphatic heterocycles. The maximum atomic E-state index is 12.4. The lowest BCUT2D eigenvalue weighted by molar-refractivity contribution is -0.137. The van der Waals surface area contributed by atoms with E-state index in [-0.39, 0.29) is 17.1 Å². The summed E-state index contributed by atoms with van der Waals surface area (Å²) >= 11 is 0. The third kappa shape index (κ3) is 2.84. The van der Waals surface area contributed by atoms with Crippen LogP contribution in [0.3, 0.4) is 0 Å². The first-order chi connectivity index (χ1) is 8.88. The van der Waals surface area contributed by atoms with Gasteiger partial charge in [-0.1, -0.05) is 0 Å². The van der Waals surface area contributed by atoms with Crippen LogP contribution in [0.15, 0.2) is 30.5 Å². The predicted octanol–water partition coefficient (Wildman–Crippen LogP) is 2.26. The van der Waals surface area contributed by atoms with Gasteiger partial charge in [0.1, 0.15) is 5.69 Å². The highest BCUT2D eigenvalue weighted by molar-refractivity contribution is 6.04. The van der Waals surface area contributed by atoms with E-state index in [0.29, 0.717) is 0 Å². The minimum atomic E-state index is -4.47. The van der Waals surface area contributed by atoms with Gasteiger partial charge in [0.25, 0.3) is 5.91 Å². The largest absolute Gasteiger partial charge is 0.416 e. The number of halogens is 3. The Bertz CT molecular complexity index is 592. The Labute approximate surface area is 105 Å². The molecule has 0 radical (unpaired) electrons. The van der Waals surface area contributed by atoms with Gasteiger partial charge in [0.05, 0.1) is 16.9 Å². The van der Waals surface area contributed by atoms with Crippen LogP contribution in [0.25, 0.3) is 0 Å². The number of carbonyl (C=O) groups excluding carboxylic acids is 1. The van der Waals surface area contributed by atoms with Crippen LogP contribution in [0.2, 0.25) is 0 Å². The van der Waals surface area contributed by atoms with E-state index in [9.17, 15) is 18.0 Å². The second-order valence-corrected chi connectivity index (χ2v) is 3.72. The van der Waals surface area contributed by atoms with Gasteiger partial charge in [-0.3, -0.25) is 9.89 Å². The number of hydrogen-bond donors (Lipinski definition) is 3. The average Bonchev–Trinajstić information content (AvgIpc) is 2.84. The number of nitrogen functional groups attached to an aromatic ring is 1. The lowest BCUT2D eigenvalue weighted by atomic mass is 10.1. The Morgan fingerprint density at radius 3 is 2.58 bits per heavy atom. The summed E-state index contributed by atoms with van der Waals surface area (Å²) in [5.74, 6) is -0.538. The number of alkyl halides is 3. The van der Waals surface area contributed by atoms with E-state index >= 15 is 0 Å². The number of aromatic nitrogens is 2. The molecule has 0 spiro atoms. The summed E-state index contributed by atoms with van der Waals surface area (Å²) in [6.45, 7) is 0. The van der Waals surface area contributed by atoms with Crippen LogP contribution in [0.4, 0.5) is 24.5 Å². The summed E-state index contributed by atoms with van der Waals surface area (Å²) < 4.78 is 37.3. The first-order valence-corrected chi connectivity index (χ1v) is 5.15. The molecule has 0 atom stereocenters. The van der Waals surface area contributed by atoms with Gasteiger partial charge in [0, 0.05) is 6.20 Å². The summed E-state index contributed by atoms with van der Waals surface area (Å²) in [6, 6.07) is 4.14. The molecule has 1 aromatic heterocycles. The Balaban J connectivity index is 2.21. The maximum Gasteiger partial charge on any atom is 0.416 e. The molecule has 1 heterocycles. The highest BCUT2D eigenvalue weighted by Crippen LogP contribution is 2.32. The Morgan fingerprint density at radius 2 is 2.05 bits per heavy atom. The van der Waals surface area contributed by atoms with Crippen molar-refractivity contribution in [2.24, 2.45) is 0 Å². The summed E-state index contributed by atoms with van der Waals surface area (Å²) in [7, 11) is 0. The number of nitrogens with two attached hydrogens (primary N) is 1. The summed E-state index contributed by atoms with van der Waals surface area (Å²) in [5.41, 5.74) is 4.73. The first-order valence-electron chi connectivity index (χ1n) is 5.15. The predicted molar refractivity (Wildman–Crippen MR) is 62.4 cm³/mol. The molecule has 4 N–H and O–H groups in total. The highest BCUT2D eigenvalue weighted by atomic mass is 19.4. The van der Waals surface area contributed by atoms with Crippen LogP contribution < -0.4 is 11.1 Å². The number of H-pyrrole nitrogens is 1. The van der Waals surface area contributed by atoms with Crippen LogP contribution in [-0.2, 0) is 6.18 Å². The van der Waals surface area contributed by atoms with Crippen molar-refractivity contribution in [1.29, 1.82) is 0 Å². The maximum absolute atomic E-state index is 12.4. The first kappa shape index (κ1) is 12.9. The van der Waals surface area contributed by atoms with E-state index in [4.69, 9.17) is 5.73 Å². The second-order valence-electron chi connectivity index (χ2n) is 3.72. The quantitative estimate of drug-likeness (QED) is 0.732. The monoisotopic (exact) mass is 270 g/mol. The van der Waals surface area contributed by atoms with Crippen molar-refractivity contribution in [3.8, 4) is 0 Å². The molecule has 19 heavy (non-hydrogen) atoms. The van der Waals surface area contributed by atoms with Gasteiger partial charge in [-0.05, 0) is 24.3 Å². The number of anilines is 2. The molecule has 100 valence electrons. The Morgan fingerprint density at radius 1 is 1.32 bits per heavy atom. The van der Waals surface area contributed by atoms with Crippen molar-refractivity contribution >= 4 is 17.3 Å². The normalized spacial score (nSPS) is 11.3. The summed E-state index contributed by atoms with van der Waals surface area (Å²) in [4.78, 5) is 11.6. The lowest BCUT2D eigenvalue weighted by Gasteiger charge is -2.11. The van der Waals surface area contributed by atoms with Crippen LogP contribution in [-0.4, -0.2) is 16.1 Å². The van der Waals surface area contributed by atoms with E-state index in [1.807, 2.05) is 0 Å². The van der Waals surface area contributed by atoms with E-state index in [1.54, 1.807) is 0 Å². The topological polar surface area (TPSA) is 83.8 Å². The molecule has 1 amide bonds. The number of rotatable bonds is 2. The summed E-state index contributed by atoms with van der Waals surface area (Å²) in [6.07, 6.45) is -3.09. The minimum Gasteiger partial charge on any atom is -0.397 e. The molecule has 0 aliphatic rings. The number of nitrogens with zero attached hydrogens (tertiary/aromatic N) is 1. The number of hydrogen-bond acceptors (Lipinski definition) is 3. The van der Waals surface area contributed by atoms with E-state index in [1.165, 1.54) is 12.3 Å². The zero-order valence-corrected chi connectivity index (χ0v) is 9.45. The molecule has 5 nitrogen and oxygen atoms in total. The fourth-order valence-electron chi connectivity index (χ4n) is 1.42. The molecule has 8 heteroatoms. The molecule has 0 aliphatic carbocycles. The van der Waals surface area contributed by atoms with Crippen molar-refractivity contribution in [3.63, 3.8) is 0 Å². The van der Waals surface area contributed by atoms with Crippen LogP contribution >= 0.6 is 0 Å². The molecule has 0 unspecified atom stereocenters. The van der Waals surface area contributed by atoms with Crippen molar-refractivity contribution in [2.45, 2.75) is 6.18 Å². The Hall–Kier alpha value is -2.51. The van der Waals surface area contributed by atoms with Gasteiger partial charge >= 0.3 is 6.18 Å². The zero-order valence-electron chi connectivity index (χ0n) is 9.45. The molecule has 0 bridgehead atoms. The molecule has 0 saturated heterocycles. The molecule has 2 aromatic rings. The van der Waals surface area contributed by atoms with Gasteiger partial charge in [0.15, 0.2) is 0 Å². The van der Waals surface area contributed by atoms with Crippen molar-refractivity contribution in [3.05, 3.63) is 41.7 Å². The number of nitrogens with one attached hydrogen (secondary N) is 2. The molecular formula is C11H9F3N4O. The highest BCUT2D eigenvalue weighted by Gasteiger charge is 2.30. The SMILES string of the molecule is Nc1cc(C(F)(F)F)ccc1NC(=O)c1ccn[nH]1. The third-order valence-corrected chi connectivity index (χ3v) is 2.37. The Kier molecular flexibility index (Phi) is 3.16. The second kappa shape index (κ2) is 4.63. The fourth-order valence-corrected chi connectivity index (χ4v) is 1.42. The van der Waals surface area contributed by atoms with Crippen molar-refractivity contribution in [2.75, 3.05) is 11.1 Å². The molecule has 1 aromatic carbocycles.